The van der Waals surface area contributed by atoms with E-state index in [4.69, 9.17) is 25.6 Å². The van der Waals surface area contributed by atoms with Crippen molar-refractivity contribution in [3.05, 3.63) is 0 Å². The van der Waals surface area contributed by atoms with Crippen molar-refractivity contribution in [1.29, 1.82) is 0 Å². The van der Waals surface area contributed by atoms with E-state index >= 15 is 0 Å². The highest BCUT2D eigenvalue weighted by atomic mass is 32.2. The second kappa shape index (κ2) is 3.01. The number of hydrogen-bond donors (Lipinski definition) is 5. The van der Waals surface area contributed by atoms with Crippen LogP contribution < -0.4 is 5.73 Å². The fourth-order valence-corrected chi connectivity index (χ4v) is 0.809. The minimum absolute atomic E-state index is 1.08. The van der Waals surface area contributed by atoms with Crippen molar-refractivity contribution in [2.24, 2.45) is 5.73 Å². The van der Waals surface area contributed by atoms with Crippen LogP contribution in [-0.2, 0) is 10.1 Å². The maximum Gasteiger partial charge on any atom is 0.281 e. The molecule has 6 N–H and O–H groups in total. The predicted octanol–water partition coefficient (Wildman–Crippen LogP) is -2.82. The molecule has 8 heteroatoms. The second-order valence-corrected chi connectivity index (χ2v) is 3.67. The van der Waals surface area contributed by atoms with Crippen LogP contribution in [0.15, 0.2) is 0 Å². The van der Waals surface area contributed by atoms with Gasteiger partial charge in [0.2, 0.25) is 0 Å². The molecule has 11 heavy (non-hydrogen) atoms. The van der Waals surface area contributed by atoms with Gasteiger partial charge in [0.15, 0.2) is 0 Å². The first-order valence-electron chi connectivity index (χ1n) is 2.52. The summed E-state index contributed by atoms with van der Waals surface area (Å²) < 4.78 is 28.4. The van der Waals surface area contributed by atoms with Gasteiger partial charge in [-0.25, -0.2) is 0 Å². The zero-order valence-corrected chi connectivity index (χ0v) is 6.19. The van der Waals surface area contributed by atoms with E-state index in [1.54, 1.807) is 0 Å². The molecule has 68 valence electrons. The standard InChI is InChI=1S/C3H9NO6S/c4-2(11(8,9)10)1-3(5,6)7/h2,5-7H,1,4H2,(H,8,9,10). The lowest BCUT2D eigenvalue weighted by Gasteiger charge is -2.16. The van der Waals surface area contributed by atoms with Gasteiger partial charge in [-0.3, -0.25) is 4.55 Å². The zero-order valence-electron chi connectivity index (χ0n) is 5.38. The molecule has 0 aliphatic carbocycles. The molecule has 0 bridgehead atoms. The largest absolute Gasteiger partial charge is 0.344 e. The lowest BCUT2D eigenvalue weighted by Crippen LogP contribution is -2.40. The van der Waals surface area contributed by atoms with Crippen LogP contribution in [0.2, 0.25) is 0 Å². The van der Waals surface area contributed by atoms with E-state index < -0.39 is 27.9 Å². The third-order valence-corrected chi connectivity index (χ3v) is 1.79. The number of hydrogen-bond acceptors (Lipinski definition) is 6. The van der Waals surface area contributed by atoms with Crippen LogP contribution >= 0.6 is 0 Å². The Morgan fingerprint density at radius 2 is 1.73 bits per heavy atom. The van der Waals surface area contributed by atoms with Crippen LogP contribution in [0.1, 0.15) is 6.42 Å². The minimum atomic E-state index is -4.54. The Labute approximate surface area is 62.8 Å². The molecule has 0 aromatic rings. The van der Waals surface area contributed by atoms with Crippen molar-refractivity contribution in [2.45, 2.75) is 17.8 Å². The van der Waals surface area contributed by atoms with Gasteiger partial charge in [-0.1, -0.05) is 0 Å². The first kappa shape index (κ1) is 10.8. The Balaban J connectivity index is 4.22. The molecule has 7 nitrogen and oxygen atoms in total. The summed E-state index contributed by atoms with van der Waals surface area (Å²) >= 11 is 0. The molecular weight excluding hydrogens is 178 g/mol. The second-order valence-electron chi connectivity index (χ2n) is 2.03. The molecular formula is C3H9NO6S. The topological polar surface area (TPSA) is 141 Å². The van der Waals surface area contributed by atoms with E-state index in [1.807, 2.05) is 0 Å². The fourth-order valence-electron chi connectivity index (χ4n) is 0.375. The van der Waals surface area contributed by atoms with E-state index in [0.29, 0.717) is 0 Å². The van der Waals surface area contributed by atoms with Gasteiger partial charge >= 0.3 is 0 Å². The Kier molecular flexibility index (Phi) is 2.94. The Hall–Kier alpha value is -0.250. The summed E-state index contributed by atoms with van der Waals surface area (Å²) in [4.78, 5) is 0. The molecule has 0 fully saturated rings. The van der Waals surface area contributed by atoms with Gasteiger partial charge < -0.3 is 21.1 Å². The van der Waals surface area contributed by atoms with E-state index in [0.717, 1.165) is 0 Å². The Morgan fingerprint density at radius 3 is 1.82 bits per heavy atom. The third-order valence-electron chi connectivity index (χ3n) is 0.858. The summed E-state index contributed by atoms with van der Waals surface area (Å²) in [6.07, 6.45) is -1.08. The minimum Gasteiger partial charge on any atom is -0.344 e. The van der Waals surface area contributed by atoms with E-state index in [2.05, 4.69) is 0 Å². The number of aliphatic hydroxyl groups is 3. The quantitative estimate of drug-likeness (QED) is 0.237. The van der Waals surface area contributed by atoms with Crippen LogP contribution in [0.25, 0.3) is 0 Å². The van der Waals surface area contributed by atoms with Crippen LogP contribution in [0.4, 0.5) is 0 Å². The van der Waals surface area contributed by atoms with Crippen LogP contribution in [0.3, 0.4) is 0 Å². The summed E-state index contributed by atoms with van der Waals surface area (Å²) in [5, 5.41) is 22.7. The molecule has 0 spiro atoms. The molecule has 0 aliphatic rings. The van der Waals surface area contributed by atoms with Gasteiger partial charge in [0.05, 0.1) is 6.42 Å². The van der Waals surface area contributed by atoms with E-state index in [9.17, 15) is 8.42 Å². The fraction of sp³-hybridized carbons (Fsp3) is 1.00. The SMILES string of the molecule is NC(CC(O)(O)O)S(=O)(=O)O. The molecule has 1 atom stereocenters. The molecule has 0 saturated carbocycles. The highest BCUT2D eigenvalue weighted by Crippen LogP contribution is 2.06. The van der Waals surface area contributed by atoms with Crippen molar-refractivity contribution in [3.63, 3.8) is 0 Å². The Morgan fingerprint density at radius 1 is 1.36 bits per heavy atom. The third kappa shape index (κ3) is 5.07. The molecule has 0 aromatic carbocycles. The lowest BCUT2D eigenvalue weighted by atomic mass is 10.4. The highest BCUT2D eigenvalue weighted by molar-refractivity contribution is 7.86. The summed E-state index contributed by atoms with van der Waals surface area (Å²) in [5.41, 5.74) is 4.72. The van der Waals surface area contributed by atoms with Crippen LogP contribution in [0.5, 0.6) is 0 Å². The van der Waals surface area contributed by atoms with Gasteiger partial charge in [-0.05, 0) is 0 Å². The Bertz CT molecular complexity index is 214. The van der Waals surface area contributed by atoms with E-state index in [1.165, 1.54) is 0 Å². The maximum atomic E-state index is 10.1. The van der Waals surface area contributed by atoms with Gasteiger partial charge in [0, 0.05) is 0 Å². The van der Waals surface area contributed by atoms with Crippen molar-refractivity contribution in [2.75, 3.05) is 0 Å². The van der Waals surface area contributed by atoms with Gasteiger partial charge in [0.1, 0.15) is 5.37 Å². The van der Waals surface area contributed by atoms with Crippen molar-refractivity contribution in [1.82, 2.24) is 0 Å². The first-order chi connectivity index (χ1) is 4.63. The van der Waals surface area contributed by atoms with E-state index in [-0.39, 0.29) is 0 Å². The summed E-state index contributed by atoms with van der Waals surface area (Å²) in [6, 6.07) is 0. The van der Waals surface area contributed by atoms with Crippen molar-refractivity contribution in [3.8, 4) is 0 Å². The predicted molar refractivity (Wildman–Crippen MR) is 33.5 cm³/mol. The normalized spacial score (nSPS) is 16.5. The monoisotopic (exact) mass is 187 g/mol. The smallest absolute Gasteiger partial charge is 0.281 e. The average molecular weight is 187 g/mol. The number of nitrogens with two attached hydrogens (primary N) is 1. The van der Waals surface area contributed by atoms with Gasteiger partial charge in [0.25, 0.3) is 16.1 Å². The van der Waals surface area contributed by atoms with Crippen molar-refractivity contribution >= 4 is 10.1 Å². The van der Waals surface area contributed by atoms with Crippen LogP contribution in [-0.4, -0.2) is 39.6 Å². The summed E-state index contributed by atoms with van der Waals surface area (Å²) in [6.45, 7) is 0. The van der Waals surface area contributed by atoms with Crippen molar-refractivity contribution < 1.29 is 28.3 Å². The summed E-state index contributed by atoms with van der Waals surface area (Å²) in [5.74, 6) is -3.19. The first-order valence-corrected chi connectivity index (χ1v) is 4.02. The molecule has 0 saturated heterocycles. The van der Waals surface area contributed by atoms with Crippen LogP contribution in [0, 0.1) is 0 Å². The lowest BCUT2D eigenvalue weighted by molar-refractivity contribution is -0.314. The summed E-state index contributed by atoms with van der Waals surface area (Å²) in [7, 11) is -4.54. The molecule has 0 rings (SSSR count). The van der Waals surface area contributed by atoms with Gasteiger partial charge in [-0.15, -0.1) is 0 Å². The zero-order chi connectivity index (χ0) is 9.28. The maximum absolute atomic E-state index is 10.1. The molecule has 0 aliphatic heterocycles. The highest BCUT2D eigenvalue weighted by Gasteiger charge is 2.29. The molecule has 1 unspecified atom stereocenters. The molecule has 0 aromatic heterocycles. The van der Waals surface area contributed by atoms with Gasteiger partial charge in [-0.2, -0.15) is 8.42 Å². The molecule has 0 heterocycles. The molecule has 0 radical (unpaired) electrons. The average Bonchev–Trinajstić information content (AvgIpc) is 1.56. The number of rotatable bonds is 3. The molecule has 0 amide bonds.